The number of carboxylic acid groups (broad SMARTS) is 1. The van der Waals surface area contributed by atoms with Crippen LogP contribution in [0.15, 0.2) is 35.5 Å². The summed E-state index contributed by atoms with van der Waals surface area (Å²) in [5, 5.41) is 12.5. The molecule has 17 heavy (non-hydrogen) atoms. The molecule has 0 aliphatic heterocycles. The molecule has 6 heteroatoms. The quantitative estimate of drug-likeness (QED) is 0.819. The Bertz CT molecular complexity index is 634. The molecule has 2 aromatic heterocycles. The predicted molar refractivity (Wildman–Crippen MR) is 59.3 cm³/mol. The number of aromatic carboxylic acids is 1. The molecule has 0 radical (unpaired) electrons. The zero-order valence-corrected chi connectivity index (χ0v) is 8.99. The van der Waals surface area contributed by atoms with E-state index in [1.54, 1.807) is 12.3 Å². The Labute approximate surface area is 96.2 Å². The Hall–Kier alpha value is -2.50. The second kappa shape index (κ2) is 4.17. The third kappa shape index (κ3) is 2.20. The second-order valence-electron chi connectivity index (χ2n) is 3.50. The van der Waals surface area contributed by atoms with E-state index in [-0.39, 0.29) is 0 Å². The molecule has 0 atom stereocenters. The monoisotopic (exact) mass is 231 g/mol. The van der Waals surface area contributed by atoms with Gasteiger partial charge >= 0.3 is 5.97 Å². The molecule has 0 saturated carbocycles. The van der Waals surface area contributed by atoms with E-state index in [1.165, 1.54) is 23.1 Å². The van der Waals surface area contributed by atoms with Crippen LogP contribution in [0.3, 0.4) is 0 Å². The van der Waals surface area contributed by atoms with Crippen LogP contribution in [0, 0.1) is 6.92 Å². The van der Waals surface area contributed by atoms with Gasteiger partial charge in [-0.2, -0.15) is 5.10 Å². The lowest BCUT2D eigenvalue weighted by molar-refractivity contribution is 0.0687. The third-order valence-electron chi connectivity index (χ3n) is 2.14. The fourth-order valence-electron chi connectivity index (χ4n) is 1.36. The zero-order valence-electron chi connectivity index (χ0n) is 8.99. The molecule has 0 saturated heterocycles. The maximum Gasteiger partial charge on any atom is 0.360 e. The second-order valence-corrected chi connectivity index (χ2v) is 3.50. The van der Waals surface area contributed by atoms with Crippen LogP contribution in [0.1, 0.15) is 16.1 Å². The number of nitrogens with zero attached hydrogens (tertiary/aromatic N) is 3. The Kier molecular flexibility index (Phi) is 2.70. The van der Waals surface area contributed by atoms with E-state index in [0.29, 0.717) is 5.69 Å². The van der Waals surface area contributed by atoms with E-state index >= 15 is 0 Å². The summed E-state index contributed by atoms with van der Waals surface area (Å²) in [6, 6.07) is 2.95. The first kappa shape index (κ1) is 11.0. The average Bonchev–Trinajstić information content (AvgIpc) is 2.29. The lowest BCUT2D eigenvalue weighted by atomic mass is 10.3. The summed E-state index contributed by atoms with van der Waals surface area (Å²) in [6.07, 6.45) is 4.62. The molecule has 0 aliphatic rings. The maximum absolute atomic E-state index is 11.2. The molecule has 0 aliphatic carbocycles. The summed E-state index contributed by atoms with van der Waals surface area (Å²) in [6.45, 7) is 1.86. The standard InChI is InChI=1S/C11H9N3O3/c1-7-4-8(6-12-5-7)14-3-2-9(15)10(13-14)11(16)17/h2-6H,1H3,(H,16,17). The molecule has 86 valence electrons. The van der Waals surface area contributed by atoms with Crippen molar-refractivity contribution in [2.45, 2.75) is 6.92 Å². The highest BCUT2D eigenvalue weighted by molar-refractivity contribution is 5.84. The minimum absolute atomic E-state index is 0.506. The van der Waals surface area contributed by atoms with Gasteiger partial charge in [0.15, 0.2) is 0 Å². The number of pyridine rings is 1. The van der Waals surface area contributed by atoms with Gasteiger partial charge in [0, 0.05) is 18.5 Å². The summed E-state index contributed by atoms with van der Waals surface area (Å²) in [5.41, 5.74) is 0.399. The highest BCUT2D eigenvalue weighted by Crippen LogP contribution is 2.05. The summed E-state index contributed by atoms with van der Waals surface area (Å²) >= 11 is 0. The molecule has 2 rings (SSSR count). The normalized spacial score (nSPS) is 10.2. The largest absolute Gasteiger partial charge is 0.476 e. The number of hydrogen-bond acceptors (Lipinski definition) is 4. The third-order valence-corrected chi connectivity index (χ3v) is 2.14. The fraction of sp³-hybridized carbons (Fsp3) is 0.0909. The van der Waals surface area contributed by atoms with Crippen molar-refractivity contribution in [3.05, 3.63) is 52.2 Å². The van der Waals surface area contributed by atoms with Crippen molar-refractivity contribution in [2.75, 3.05) is 0 Å². The van der Waals surface area contributed by atoms with Gasteiger partial charge in [-0.1, -0.05) is 0 Å². The molecule has 0 amide bonds. The molecule has 6 nitrogen and oxygen atoms in total. The van der Waals surface area contributed by atoms with Crippen molar-refractivity contribution < 1.29 is 9.90 Å². The lowest BCUT2D eigenvalue weighted by Gasteiger charge is -2.05. The molecule has 0 aromatic carbocycles. The topological polar surface area (TPSA) is 85.1 Å². The first-order chi connectivity index (χ1) is 8.08. The number of hydrogen-bond donors (Lipinski definition) is 1. The Morgan fingerprint density at radius 1 is 1.41 bits per heavy atom. The SMILES string of the molecule is Cc1cncc(-n2ccc(=O)c(C(=O)O)n2)c1. The van der Waals surface area contributed by atoms with Crippen molar-refractivity contribution in [2.24, 2.45) is 0 Å². The molecule has 1 N–H and O–H groups in total. The van der Waals surface area contributed by atoms with E-state index < -0.39 is 17.1 Å². The van der Waals surface area contributed by atoms with Crippen LogP contribution in [0.4, 0.5) is 0 Å². The molecule has 2 aromatic rings. The molecule has 2 heterocycles. The van der Waals surface area contributed by atoms with E-state index in [1.807, 2.05) is 6.92 Å². The van der Waals surface area contributed by atoms with Gasteiger partial charge in [0.1, 0.15) is 0 Å². The molecule has 0 fully saturated rings. The summed E-state index contributed by atoms with van der Waals surface area (Å²) in [5.74, 6) is -1.34. The molecular formula is C11H9N3O3. The first-order valence-corrected chi connectivity index (χ1v) is 4.83. The van der Waals surface area contributed by atoms with Gasteiger partial charge in [0.2, 0.25) is 11.1 Å². The van der Waals surface area contributed by atoms with Crippen LogP contribution >= 0.6 is 0 Å². The molecular weight excluding hydrogens is 222 g/mol. The van der Waals surface area contributed by atoms with Crippen LogP contribution in [0.5, 0.6) is 0 Å². The van der Waals surface area contributed by atoms with Crippen molar-refractivity contribution in [3.63, 3.8) is 0 Å². The summed E-state index contributed by atoms with van der Waals surface area (Å²) in [4.78, 5) is 26.0. The molecule has 0 spiro atoms. The zero-order chi connectivity index (χ0) is 12.4. The smallest absolute Gasteiger partial charge is 0.360 e. The maximum atomic E-state index is 11.2. The molecule has 0 unspecified atom stereocenters. The highest BCUT2D eigenvalue weighted by atomic mass is 16.4. The number of rotatable bonds is 2. The van der Waals surface area contributed by atoms with Gasteiger partial charge in [-0.15, -0.1) is 0 Å². The van der Waals surface area contributed by atoms with Crippen LogP contribution in [-0.2, 0) is 0 Å². The van der Waals surface area contributed by atoms with Gasteiger partial charge in [-0.25, -0.2) is 9.48 Å². The first-order valence-electron chi connectivity index (χ1n) is 4.83. The number of aryl methyl sites for hydroxylation is 1. The fourth-order valence-corrected chi connectivity index (χ4v) is 1.36. The van der Waals surface area contributed by atoms with Crippen molar-refractivity contribution >= 4 is 5.97 Å². The van der Waals surface area contributed by atoms with Gasteiger partial charge in [0.25, 0.3) is 0 Å². The Balaban J connectivity index is 2.58. The number of carbonyl (C=O) groups is 1. The van der Waals surface area contributed by atoms with Gasteiger partial charge in [0.05, 0.1) is 11.9 Å². The van der Waals surface area contributed by atoms with Gasteiger partial charge in [-0.3, -0.25) is 9.78 Å². The number of aromatic nitrogens is 3. The Morgan fingerprint density at radius 2 is 2.18 bits per heavy atom. The van der Waals surface area contributed by atoms with E-state index in [0.717, 1.165) is 5.56 Å². The van der Waals surface area contributed by atoms with E-state index in [4.69, 9.17) is 5.11 Å². The minimum Gasteiger partial charge on any atom is -0.476 e. The van der Waals surface area contributed by atoms with Crippen molar-refractivity contribution in [3.8, 4) is 5.69 Å². The number of carboxylic acids is 1. The van der Waals surface area contributed by atoms with Crippen LogP contribution in [-0.4, -0.2) is 25.8 Å². The van der Waals surface area contributed by atoms with Crippen LogP contribution in [0.2, 0.25) is 0 Å². The van der Waals surface area contributed by atoms with E-state index in [2.05, 4.69) is 10.1 Å². The van der Waals surface area contributed by atoms with Crippen LogP contribution < -0.4 is 5.43 Å². The van der Waals surface area contributed by atoms with Gasteiger partial charge in [-0.05, 0) is 18.6 Å². The van der Waals surface area contributed by atoms with Crippen LogP contribution in [0.25, 0.3) is 5.69 Å². The average molecular weight is 231 g/mol. The summed E-state index contributed by atoms with van der Waals surface area (Å²) < 4.78 is 1.31. The Morgan fingerprint density at radius 3 is 2.82 bits per heavy atom. The highest BCUT2D eigenvalue weighted by Gasteiger charge is 2.11. The minimum atomic E-state index is -1.34. The van der Waals surface area contributed by atoms with Crippen molar-refractivity contribution in [1.82, 2.24) is 14.8 Å². The summed E-state index contributed by atoms with van der Waals surface area (Å²) in [7, 11) is 0. The van der Waals surface area contributed by atoms with E-state index in [9.17, 15) is 9.59 Å². The predicted octanol–water partition coefficient (Wildman–Crippen LogP) is 0.634. The molecule has 0 bridgehead atoms. The van der Waals surface area contributed by atoms with Gasteiger partial charge < -0.3 is 5.11 Å². The van der Waals surface area contributed by atoms with Crippen molar-refractivity contribution in [1.29, 1.82) is 0 Å². The lowest BCUT2D eigenvalue weighted by Crippen LogP contribution is -2.20.